The normalized spacial score (nSPS) is 12.2. The van der Waals surface area contributed by atoms with Crippen molar-refractivity contribution in [1.29, 1.82) is 0 Å². The second-order valence-corrected chi connectivity index (χ2v) is 4.70. The standard InChI is InChI=1S/C12H24N2O4/c1-9(2)8-18-7-6-13-12(17)14-10(3)4-5-11(15)16/h9-10H,4-8H2,1-3H3,(H,15,16)(H2,13,14,17). The lowest BCUT2D eigenvalue weighted by Crippen LogP contribution is -2.42. The minimum atomic E-state index is -0.855. The van der Waals surface area contributed by atoms with E-state index in [0.717, 1.165) is 0 Å². The summed E-state index contributed by atoms with van der Waals surface area (Å²) >= 11 is 0. The summed E-state index contributed by atoms with van der Waals surface area (Å²) < 4.78 is 5.31. The maximum Gasteiger partial charge on any atom is 0.315 e. The van der Waals surface area contributed by atoms with E-state index in [1.54, 1.807) is 6.92 Å². The molecular formula is C12H24N2O4. The molecule has 6 nitrogen and oxygen atoms in total. The number of hydrogen-bond donors (Lipinski definition) is 3. The van der Waals surface area contributed by atoms with Crippen LogP contribution in [0.4, 0.5) is 4.79 Å². The number of ether oxygens (including phenoxy) is 1. The Morgan fingerprint density at radius 3 is 2.50 bits per heavy atom. The average Bonchev–Trinajstić information content (AvgIpc) is 2.25. The largest absolute Gasteiger partial charge is 0.481 e. The van der Waals surface area contributed by atoms with E-state index in [-0.39, 0.29) is 18.5 Å². The Morgan fingerprint density at radius 1 is 1.28 bits per heavy atom. The zero-order valence-electron chi connectivity index (χ0n) is 11.4. The number of carboxylic acid groups (broad SMARTS) is 1. The summed E-state index contributed by atoms with van der Waals surface area (Å²) in [5.41, 5.74) is 0. The average molecular weight is 260 g/mol. The Labute approximate surface area is 108 Å². The van der Waals surface area contributed by atoms with E-state index in [2.05, 4.69) is 24.5 Å². The zero-order valence-corrected chi connectivity index (χ0v) is 11.4. The zero-order chi connectivity index (χ0) is 14.0. The Morgan fingerprint density at radius 2 is 1.94 bits per heavy atom. The molecule has 0 rings (SSSR count). The first kappa shape index (κ1) is 16.7. The molecule has 0 aromatic rings. The molecule has 106 valence electrons. The molecule has 0 aliphatic heterocycles. The molecule has 6 heteroatoms. The first-order valence-electron chi connectivity index (χ1n) is 6.25. The van der Waals surface area contributed by atoms with Gasteiger partial charge in [-0.05, 0) is 19.3 Å². The van der Waals surface area contributed by atoms with Gasteiger partial charge in [0, 0.05) is 25.6 Å². The molecule has 0 fully saturated rings. The Kier molecular flexibility index (Phi) is 9.00. The molecule has 2 amide bonds. The first-order valence-corrected chi connectivity index (χ1v) is 6.25. The predicted molar refractivity (Wildman–Crippen MR) is 68.5 cm³/mol. The molecule has 0 saturated heterocycles. The number of amides is 2. The third-order valence-corrected chi connectivity index (χ3v) is 2.15. The SMILES string of the molecule is CC(C)COCCNC(=O)NC(C)CCC(=O)O. The summed E-state index contributed by atoms with van der Waals surface area (Å²) in [5, 5.41) is 13.8. The lowest BCUT2D eigenvalue weighted by atomic mass is 10.2. The molecule has 0 aliphatic rings. The topological polar surface area (TPSA) is 87.7 Å². The number of carboxylic acids is 1. The van der Waals surface area contributed by atoms with Gasteiger partial charge in [-0.15, -0.1) is 0 Å². The van der Waals surface area contributed by atoms with Crippen LogP contribution in [0, 0.1) is 5.92 Å². The van der Waals surface area contributed by atoms with Crippen molar-refractivity contribution in [2.45, 2.75) is 39.7 Å². The van der Waals surface area contributed by atoms with Crippen molar-refractivity contribution in [3.63, 3.8) is 0 Å². The van der Waals surface area contributed by atoms with E-state index in [0.29, 0.717) is 32.1 Å². The molecule has 0 saturated carbocycles. The van der Waals surface area contributed by atoms with Gasteiger partial charge in [0.1, 0.15) is 0 Å². The van der Waals surface area contributed by atoms with Crippen LogP contribution in [0.2, 0.25) is 0 Å². The maximum atomic E-state index is 11.4. The third-order valence-electron chi connectivity index (χ3n) is 2.15. The summed E-state index contributed by atoms with van der Waals surface area (Å²) in [4.78, 5) is 21.7. The van der Waals surface area contributed by atoms with Crippen LogP contribution in [-0.4, -0.2) is 42.9 Å². The highest BCUT2D eigenvalue weighted by molar-refractivity contribution is 5.74. The van der Waals surface area contributed by atoms with E-state index in [4.69, 9.17) is 9.84 Å². The van der Waals surface area contributed by atoms with Gasteiger partial charge in [-0.1, -0.05) is 13.8 Å². The number of rotatable bonds is 9. The fraction of sp³-hybridized carbons (Fsp3) is 0.833. The minimum absolute atomic E-state index is 0.0545. The van der Waals surface area contributed by atoms with Gasteiger partial charge in [-0.25, -0.2) is 4.79 Å². The lowest BCUT2D eigenvalue weighted by molar-refractivity contribution is -0.137. The van der Waals surface area contributed by atoms with E-state index in [9.17, 15) is 9.59 Å². The van der Waals surface area contributed by atoms with Crippen LogP contribution in [0.15, 0.2) is 0 Å². The van der Waals surface area contributed by atoms with Gasteiger partial charge < -0.3 is 20.5 Å². The van der Waals surface area contributed by atoms with Crippen molar-refractivity contribution >= 4 is 12.0 Å². The molecule has 0 aromatic heterocycles. The number of carbonyl (C=O) groups is 2. The van der Waals surface area contributed by atoms with Gasteiger partial charge in [0.05, 0.1) is 6.61 Å². The molecule has 0 aromatic carbocycles. The van der Waals surface area contributed by atoms with Crippen molar-refractivity contribution in [2.75, 3.05) is 19.8 Å². The minimum Gasteiger partial charge on any atom is -0.481 e. The van der Waals surface area contributed by atoms with Gasteiger partial charge in [0.25, 0.3) is 0 Å². The molecule has 3 N–H and O–H groups in total. The quantitative estimate of drug-likeness (QED) is 0.544. The van der Waals surface area contributed by atoms with Crippen LogP contribution in [-0.2, 0) is 9.53 Å². The van der Waals surface area contributed by atoms with Gasteiger partial charge in [0.15, 0.2) is 0 Å². The van der Waals surface area contributed by atoms with Gasteiger partial charge >= 0.3 is 12.0 Å². The number of aliphatic carboxylic acids is 1. The smallest absolute Gasteiger partial charge is 0.315 e. The van der Waals surface area contributed by atoms with Crippen LogP contribution < -0.4 is 10.6 Å². The Balaban J connectivity index is 3.49. The highest BCUT2D eigenvalue weighted by Crippen LogP contribution is 1.95. The molecule has 18 heavy (non-hydrogen) atoms. The molecule has 0 bridgehead atoms. The van der Waals surface area contributed by atoms with Gasteiger partial charge in [0.2, 0.25) is 0 Å². The maximum absolute atomic E-state index is 11.4. The molecule has 1 unspecified atom stereocenters. The predicted octanol–water partition coefficient (Wildman–Crippen LogP) is 1.21. The lowest BCUT2D eigenvalue weighted by Gasteiger charge is -2.14. The van der Waals surface area contributed by atoms with E-state index in [1.165, 1.54) is 0 Å². The highest BCUT2D eigenvalue weighted by atomic mass is 16.5. The molecule has 1 atom stereocenters. The monoisotopic (exact) mass is 260 g/mol. The fourth-order valence-corrected chi connectivity index (χ4v) is 1.24. The second kappa shape index (κ2) is 9.70. The van der Waals surface area contributed by atoms with Crippen LogP contribution in [0.25, 0.3) is 0 Å². The van der Waals surface area contributed by atoms with Crippen LogP contribution in [0.3, 0.4) is 0 Å². The van der Waals surface area contributed by atoms with Gasteiger partial charge in [-0.2, -0.15) is 0 Å². The molecule has 0 radical (unpaired) electrons. The van der Waals surface area contributed by atoms with Crippen LogP contribution in [0.5, 0.6) is 0 Å². The summed E-state index contributed by atoms with van der Waals surface area (Å²) in [6.07, 6.45) is 0.478. The molecule has 0 aliphatic carbocycles. The van der Waals surface area contributed by atoms with E-state index < -0.39 is 5.97 Å². The number of urea groups is 1. The third kappa shape index (κ3) is 11.2. The number of hydrogen-bond acceptors (Lipinski definition) is 3. The Hall–Kier alpha value is -1.30. The molecule has 0 heterocycles. The summed E-state index contributed by atoms with van der Waals surface area (Å²) in [6.45, 7) is 7.50. The molecular weight excluding hydrogens is 236 g/mol. The summed E-state index contributed by atoms with van der Waals surface area (Å²) in [5.74, 6) is -0.374. The van der Waals surface area contributed by atoms with Crippen molar-refractivity contribution in [2.24, 2.45) is 5.92 Å². The van der Waals surface area contributed by atoms with E-state index in [1.807, 2.05) is 0 Å². The Bertz CT molecular complexity index is 256. The van der Waals surface area contributed by atoms with Crippen LogP contribution >= 0.6 is 0 Å². The highest BCUT2D eigenvalue weighted by Gasteiger charge is 2.08. The fourth-order valence-electron chi connectivity index (χ4n) is 1.24. The second-order valence-electron chi connectivity index (χ2n) is 4.70. The first-order chi connectivity index (χ1) is 8.41. The summed E-state index contributed by atoms with van der Waals surface area (Å²) in [6, 6.07) is -0.446. The number of carbonyl (C=O) groups excluding carboxylic acids is 1. The van der Waals surface area contributed by atoms with Crippen molar-refractivity contribution in [3.05, 3.63) is 0 Å². The van der Waals surface area contributed by atoms with Crippen molar-refractivity contribution in [3.8, 4) is 0 Å². The van der Waals surface area contributed by atoms with Crippen molar-refractivity contribution < 1.29 is 19.4 Å². The van der Waals surface area contributed by atoms with E-state index >= 15 is 0 Å². The van der Waals surface area contributed by atoms with Crippen LogP contribution in [0.1, 0.15) is 33.6 Å². The summed E-state index contributed by atoms with van der Waals surface area (Å²) in [7, 11) is 0. The number of nitrogens with one attached hydrogen (secondary N) is 2. The molecule has 0 spiro atoms. The van der Waals surface area contributed by atoms with Crippen molar-refractivity contribution in [1.82, 2.24) is 10.6 Å². The van der Waals surface area contributed by atoms with Gasteiger partial charge in [-0.3, -0.25) is 4.79 Å².